The first-order chi connectivity index (χ1) is 19.5. The molecule has 3 amide bonds. The molecule has 0 saturated carbocycles. The molecule has 4 N–H and O–H groups in total. The molecule has 2 aliphatic rings. The largest absolute Gasteiger partial charge is 0.344 e. The molecule has 0 radical (unpaired) electrons. The van der Waals surface area contributed by atoms with Gasteiger partial charge in [-0.15, -0.1) is 0 Å². The summed E-state index contributed by atoms with van der Waals surface area (Å²) in [6, 6.07) is 27.9. The summed E-state index contributed by atoms with van der Waals surface area (Å²) in [6.45, 7) is 0.302. The highest BCUT2D eigenvalue weighted by atomic mass is 16.2. The van der Waals surface area contributed by atoms with E-state index in [9.17, 15) is 14.4 Å². The number of carbonyl (C=O) groups excluding carboxylic acids is 3. The minimum absolute atomic E-state index is 0.0320. The number of aryl methyl sites for hydroxylation is 1. The topological polar surface area (TPSA) is 105 Å². The lowest BCUT2D eigenvalue weighted by Crippen LogP contribution is -2.57. The highest BCUT2D eigenvalue weighted by molar-refractivity contribution is 5.93. The maximum atomic E-state index is 14.0. The van der Waals surface area contributed by atoms with Gasteiger partial charge in [0.2, 0.25) is 17.7 Å². The van der Waals surface area contributed by atoms with E-state index in [1.165, 1.54) is 0 Å². The zero-order chi connectivity index (χ0) is 27.9. The van der Waals surface area contributed by atoms with E-state index in [0.717, 1.165) is 36.0 Å². The first-order valence-corrected chi connectivity index (χ1v) is 14.3. The molecule has 3 aromatic rings. The van der Waals surface area contributed by atoms with E-state index in [-0.39, 0.29) is 42.1 Å². The Balaban J connectivity index is 1.32. The van der Waals surface area contributed by atoms with Gasteiger partial charge in [-0.2, -0.15) is 0 Å². The monoisotopic (exact) mass is 538 g/mol. The highest BCUT2D eigenvalue weighted by Gasteiger charge is 2.47. The van der Waals surface area contributed by atoms with Crippen LogP contribution in [0, 0.1) is 5.92 Å². The molecule has 2 saturated heterocycles. The van der Waals surface area contributed by atoms with Gasteiger partial charge in [0.05, 0.1) is 6.04 Å². The van der Waals surface area contributed by atoms with E-state index in [0.29, 0.717) is 19.4 Å². The van der Waals surface area contributed by atoms with Crippen molar-refractivity contribution in [3.05, 3.63) is 108 Å². The normalized spacial score (nSPS) is 22.4. The van der Waals surface area contributed by atoms with Crippen molar-refractivity contribution in [1.29, 1.82) is 0 Å². The lowest BCUT2D eigenvalue weighted by Gasteiger charge is -2.33. The van der Waals surface area contributed by atoms with Crippen molar-refractivity contribution in [3.8, 4) is 0 Å². The van der Waals surface area contributed by atoms with Crippen LogP contribution in [0.3, 0.4) is 0 Å². The second-order valence-electron chi connectivity index (χ2n) is 10.9. The molecule has 0 aliphatic carbocycles. The van der Waals surface area contributed by atoms with Gasteiger partial charge >= 0.3 is 0 Å². The van der Waals surface area contributed by atoms with Crippen LogP contribution < -0.4 is 16.4 Å². The van der Waals surface area contributed by atoms with Crippen molar-refractivity contribution in [2.24, 2.45) is 11.7 Å². The van der Waals surface area contributed by atoms with Crippen molar-refractivity contribution < 1.29 is 14.4 Å². The molecule has 5 rings (SSSR count). The Morgan fingerprint density at radius 1 is 0.825 bits per heavy atom. The number of nitrogens with two attached hydrogens (primary N) is 1. The molecular formula is C33H38N4O3. The van der Waals surface area contributed by atoms with Crippen molar-refractivity contribution in [2.45, 2.75) is 62.7 Å². The molecule has 7 nitrogen and oxygen atoms in total. The van der Waals surface area contributed by atoms with E-state index in [1.807, 2.05) is 91.0 Å². The Bertz CT molecular complexity index is 1250. The van der Waals surface area contributed by atoms with Gasteiger partial charge in [-0.05, 0) is 55.3 Å². The molecule has 208 valence electrons. The van der Waals surface area contributed by atoms with Crippen LogP contribution in [-0.4, -0.2) is 47.3 Å². The first kappa shape index (κ1) is 27.6. The number of carbonyl (C=O) groups is 3. The lowest BCUT2D eigenvalue weighted by molar-refractivity contribution is -0.143. The van der Waals surface area contributed by atoms with Crippen LogP contribution in [0.5, 0.6) is 0 Å². The predicted molar refractivity (Wildman–Crippen MR) is 155 cm³/mol. The Labute approximate surface area is 236 Å². The Morgan fingerprint density at radius 2 is 1.40 bits per heavy atom. The third-order valence-corrected chi connectivity index (χ3v) is 8.32. The van der Waals surface area contributed by atoms with Crippen LogP contribution in [0.4, 0.5) is 0 Å². The number of amides is 3. The molecule has 2 aliphatic heterocycles. The van der Waals surface area contributed by atoms with Crippen LogP contribution in [0.2, 0.25) is 0 Å². The molecular weight excluding hydrogens is 500 g/mol. The summed E-state index contributed by atoms with van der Waals surface area (Å²) in [5, 5.41) is 6.24. The van der Waals surface area contributed by atoms with E-state index in [2.05, 4.69) is 10.6 Å². The van der Waals surface area contributed by atoms with Gasteiger partial charge in [0.1, 0.15) is 12.1 Å². The second kappa shape index (κ2) is 12.9. The average Bonchev–Trinajstić information content (AvgIpc) is 3.38. The average molecular weight is 539 g/mol. The fraction of sp³-hybridized carbons (Fsp3) is 0.364. The summed E-state index contributed by atoms with van der Waals surface area (Å²) < 4.78 is 0. The third kappa shape index (κ3) is 6.26. The van der Waals surface area contributed by atoms with E-state index in [4.69, 9.17) is 5.73 Å². The van der Waals surface area contributed by atoms with Crippen molar-refractivity contribution in [2.75, 3.05) is 6.54 Å². The van der Waals surface area contributed by atoms with Gasteiger partial charge in [-0.25, -0.2) is 0 Å². The Kier molecular flexibility index (Phi) is 8.91. The molecule has 7 heteroatoms. The molecule has 4 unspecified atom stereocenters. The molecule has 2 heterocycles. The summed E-state index contributed by atoms with van der Waals surface area (Å²) in [7, 11) is 0. The fourth-order valence-corrected chi connectivity index (χ4v) is 6.16. The molecule has 0 aromatic heterocycles. The SMILES string of the molecule is NCC1CCC2CCC(C(=O)NC(c3ccccc3)c3ccccc3)N2C(=O)C1NC(=O)CCc1ccccc1. The maximum Gasteiger partial charge on any atom is 0.246 e. The van der Waals surface area contributed by atoms with Crippen LogP contribution in [-0.2, 0) is 20.8 Å². The summed E-state index contributed by atoms with van der Waals surface area (Å²) >= 11 is 0. The van der Waals surface area contributed by atoms with Crippen molar-refractivity contribution in [3.63, 3.8) is 0 Å². The van der Waals surface area contributed by atoms with Crippen LogP contribution in [0.15, 0.2) is 91.0 Å². The van der Waals surface area contributed by atoms with E-state index < -0.39 is 12.1 Å². The highest BCUT2D eigenvalue weighted by Crippen LogP contribution is 2.34. The number of nitrogens with one attached hydrogen (secondary N) is 2. The Morgan fingerprint density at radius 3 is 2.00 bits per heavy atom. The summed E-state index contributed by atoms with van der Waals surface area (Å²) in [4.78, 5) is 42.6. The number of hydrogen-bond donors (Lipinski definition) is 3. The number of fused-ring (bicyclic) bond motifs is 1. The molecule has 40 heavy (non-hydrogen) atoms. The van der Waals surface area contributed by atoms with Crippen LogP contribution in [0.1, 0.15) is 54.8 Å². The minimum atomic E-state index is -0.731. The smallest absolute Gasteiger partial charge is 0.246 e. The molecule has 0 spiro atoms. The number of rotatable bonds is 9. The van der Waals surface area contributed by atoms with E-state index >= 15 is 0 Å². The van der Waals surface area contributed by atoms with Gasteiger partial charge in [0.25, 0.3) is 0 Å². The van der Waals surface area contributed by atoms with Crippen LogP contribution >= 0.6 is 0 Å². The first-order valence-electron chi connectivity index (χ1n) is 14.3. The summed E-state index contributed by atoms with van der Waals surface area (Å²) in [5.74, 6) is -0.704. The maximum absolute atomic E-state index is 14.0. The lowest BCUT2D eigenvalue weighted by atomic mass is 9.93. The summed E-state index contributed by atoms with van der Waals surface area (Å²) in [5.41, 5.74) is 9.13. The minimum Gasteiger partial charge on any atom is -0.344 e. The number of hydrogen-bond acceptors (Lipinski definition) is 4. The van der Waals surface area contributed by atoms with Gasteiger partial charge in [-0.1, -0.05) is 91.0 Å². The van der Waals surface area contributed by atoms with Crippen LogP contribution in [0.25, 0.3) is 0 Å². The predicted octanol–water partition coefficient (Wildman–Crippen LogP) is 3.74. The zero-order valence-corrected chi connectivity index (χ0v) is 22.7. The number of benzene rings is 3. The molecule has 4 atom stereocenters. The summed E-state index contributed by atoms with van der Waals surface area (Å²) in [6.07, 6.45) is 3.75. The van der Waals surface area contributed by atoms with Gasteiger partial charge < -0.3 is 21.3 Å². The zero-order valence-electron chi connectivity index (χ0n) is 22.7. The van der Waals surface area contributed by atoms with Gasteiger partial charge in [-0.3, -0.25) is 14.4 Å². The standard InChI is InChI=1S/C33H38N4O3/c34-22-26-17-18-27-19-20-28(32(39)36-30(24-12-6-2-7-13-24)25-14-8-3-9-15-25)37(27)33(40)31(26)35-29(38)21-16-23-10-4-1-5-11-23/h1-15,26-28,30-31H,16-22,34H2,(H,35,38)(H,36,39). The second-order valence-corrected chi connectivity index (χ2v) is 10.9. The molecule has 3 aromatic carbocycles. The fourth-order valence-electron chi connectivity index (χ4n) is 6.16. The van der Waals surface area contributed by atoms with Gasteiger partial charge in [0, 0.05) is 18.4 Å². The quantitative estimate of drug-likeness (QED) is 0.386. The van der Waals surface area contributed by atoms with E-state index in [1.54, 1.807) is 4.90 Å². The van der Waals surface area contributed by atoms with Crippen molar-refractivity contribution in [1.82, 2.24) is 15.5 Å². The van der Waals surface area contributed by atoms with Crippen molar-refractivity contribution >= 4 is 17.7 Å². The van der Waals surface area contributed by atoms with Gasteiger partial charge in [0.15, 0.2) is 0 Å². The Hall–Kier alpha value is -3.97. The number of nitrogens with zero attached hydrogens (tertiary/aromatic N) is 1. The molecule has 2 fully saturated rings. The molecule has 0 bridgehead atoms. The third-order valence-electron chi connectivity index (χ3n) is 8.32.